The van der Waals surface area contributed by atoms with Crippen LogP contribution in [0.2, 0.25) is 0 Å². The van der Waals surface area contributed by atoms with Gasteiger partial charge in [-0.1, -0.05) is 147 Å². The lowest BCUT2D eigenvalue weighted by atomic mass is 9.82. The van der Waals surface area contributed by atoms with Crippen molar-refractivity contribution in [1.82, 2.24) is 0 Å². The maximum Gasteiger partial charge on any atom is 0.144 e. The van der Waals surface area contributed by atoms with Gasteiger partial charge in [-0.3, -0.25) is 0 Å². The van der Waals surface area contributed by atoms with Gasteiger partial charge >= 0.3 is 0 Å². The molecule has 0 saturated heterocycles. The molecule has 68 heavy (non-hydrogen) atoms. The second kappa shape index (κ2) is 13.8. The summed E-state index contributed by atoms with van der Waals surface area (Å²) in [4.78, 5) is 2.39. The van der Waals surface area contributed by atoms with Gasteiger partial charge in [0.05, 0.1) is 0 Å². The van der Waals surface area contributed by atoms with Crippen LogP contribution in [0, 0.1) is 0 Å². The molecule has 0 bridgehead atoms. The molecule has 0 N–H and O–H groups in total. The van der Waals surface area contributed by atoms with Gasteiger partial charge in [0.25, 0.3) is 0 Å². The molecule has 0 radical (unpaired) electrons. The van der Waals surface area contributed by atoms with E-state index in [1.54, 1.807) is 0 Å². The Kier molecular flexibility index (Phi) is 7.69. The minimum atomic E-state index is -0.168. The maximum atomic E-state index is 7.11. The van der Waals surface area contributed by atoms with Crippen LogP contribution >= 0.6 is 11.3 Å². The van der Waals surface area contributed by atoms with Crippen molar-refractivity contribution in [2.75, 3.05) is 4.90 Å². The summed E-state index contributed by atoms with van der Waals surface area (Å²) < 4.78 is 22.9. The predicted molar refractivity (Wildman–Crippen MR) is 284 cm³/mol. The van der Waals surface area contributed by atoms with Crippen LogP contribution < -0.4 is 4.90 Å². The highest BCUT2D eigenvalue weighted by Crippen LogP contribution is 2.53. The summed E-state index contributed by atoms with van der Waals surface area (Å²) in [6.07, 6.45) is 0. The molecule has 0 amide bonds. The summed E-state index contributed by atoms with van der Waals surface area (Å²) in [5.74, 6) is 0. The van der Waals surface area contributed by atoms with Gasteiger partial charge in [-0.2, -0.15) is 0 Å². The molecule has 4 aromatic heterocycles. The smallest absolute Gasteiger partial charge is 0.144 e. The number of hydrogen-bond donors (Lipinski definition) is 0. The fraction of sp³-hybridized carbons (Fsp3) is 0.0476. The second-order valence-electron chi connectivity index (χ2n) is 18.7. The lowest BCUT2D eigenvalue weighted by molar-refractivity contribution is 0.660. The third-order valence-corrected chi connectivity index (χ3v) is 15.9. The van der Waals surface area contributed by atoms with Gasteiger partial charge in [-0.15, -0.1) is 11.3 Å². The second-order valence-corrected chi connectivity index (χ2v) is 19.8. The third-order valence-electron chi connectivity index (χ3n) is 14.7. The minimum Gasteiger partial charge on any atom is -0.456 e. The number of hydrogen-bond acceptors (Lipinski definition) is 5. The van der Waals surface area contributed by atoms with Crippen LogP contribution in [0.4, 0.5) is 17.1 Å². The molecule has 320 valence electrons. The zero-order valence-corrected chi connectivity index (χ0v) is 37.9. The highest BCUT2D eigenvalue weighted by molar-refractivity contribution is 7.26. The summed E-state index contributed by atoms with van der Waals surface area (Å²) in [7, 11) is 0. The summed E-state index contributed by atoms with van der Waals surface area (Å²) in [6, 6.07) is 72.1. The molecule has 14 aromatic rings. The normalized spacial score (nSPS) is 13.3. The molecular weight excluding hydrogens is 851 g/mol. The van der Waals surface area contributed by atoms with E-state index in [2.05, 4.69) is 201 Å². The van der Waals surface area contributed by atoms with Crippen LogP contribution in [0.15, 0.2) is 213 Å². The predicted octanol–water partition coefficient (Wildman–Crippen LogP) is 18.9. The monoisotopic (exact) mass is 889 g/mol. The highest BCUT2D eigenvalue weighted by Gasteiger charge is 2.36. The quantitative estimate of drug-likeness (QED) is 0.173. The average Bonchev–Trinajstić information content (AvgIpc) is 4.19. The Balaban J connectivity index is 0.953. The summed E-state index contributed by atoms with van der Waals surface area (Å²) in [5.41, 5.74) is 17.8. The van der Waals surface area contributed by atoms with E-state index >= 15 is 0 Å². The highest BCUT2D eigenvalue weighted by atomic mass is 32.1. The van der Waals surface area contributed by atoms with Gasteiger partial charge in [-0.25, -0.2) is 0 Å². The fourth-order valence-corrected chi connectivity index (χ4v) is 12.7. The molecule has 0 saturated carbocycles. The molecule has 5 heteroatoms. The fourth-order valence-electron chi connectivity index (χ4n) is 11.5. The van der Waals surface area contributed by atoms with Gasteiger partial charge < -0.3 is 18.2 Å². The van der Waals surface area contributed by atoms with E-state index in [1.807, 2.05) is 29.5 Å². The molecule has 0 atom stereocenters. The van der Waals surface area contributed by atoms with E-state index in [9.17, 15) is 0 Å². The molecule has 0 unspecified atom stereocenters. The van der Waals surface area contributed by atoms with Crippen molar-refractivity contribution in [3.8, 4) is 33.4 Å². The first-order valence-corrected chi connectivity index (χ1v) is 24.0. The van der Waals surface area contributed by atoms with Gasteiger partial charge in [0.2, 0.25) is 0 Å². The molecule has 0 spiro atoms. The van der Waals surface area contributed by atoms with E-state index in [1.165, 1.54) is 42.4 Å². The topological polar surface area (TPSA) is 42.7 Å². The first kappa shape index (κ1) is 37.8. The Labute approximate surface area is 394 Å². The van der Waals surface area contributed by atoms with Crippen LogP contribution in [-0.4, -0.2) is 0 Å². The largest absolute Gasteiger partial charge is 0.456 e. The molecule has 1 aliphatic rings. The van der Waals surface area contributed by atoms with Crippen molar-refractivity contribution in [3.63, 3.8) is 0 Å². The number of fused-ring (bicyclic) bond motifs is 15. The number of para-hydroxylation sites is 3. The number of furan rings is 3. The lowest BCUT2D eigenvalue weighted by Crippen LogP contribution is -2.16. The summed E-state index contributed by atoms with van der Waals surface area (Å²) in [6.45, 7) is 4.69. The van der Waals surface area contributed by atoms with E-state index in [-0.39, 0.29) is 5.41 Å². The van der Waals surface area contributed by atoms with Crippen LogP contribution in [0.5, 0.6) is 0 Å². The van der Waals surface area contributed by atoms with Gasteiger partial charge in [0.15, 0.2) is 0 Å². The van der Waals surface area contributed by atoms with E-state index in [4.69, 9.17) is 13.3 Å². The molecule has 4 heterocycles. The first-order valence-electron chi connectivity index (χ1n) is 23.2. The average molecular weight is 890 g/mol. The number of thiophene rings is 1. The molecule has 10 aromatic carbocycles. The van der Waals surface area contributed by atoms with E-state index < -0.39 is 0 Å². The Bertz CT molecular complexity index is 4430. The molecule has 4 nitrogen and oxygen atoms in total. The Morgan fingerprint density at radius 2 is 1.00 bits per heavy atom. The van der Waals surface area contributed by atoms with Gasteiger partial charge in [-0.05, 0) is 94.5 Å². The van der Waals surface area contributed by atoms with Crippen LogP contribution in [0.3, 0.4) is 0 Å². The molecule has 15 rings (SSSR count). The number of benzene rings is 10. The van der Waals surface area contributed by atoms with Gasteiger partial charge in [0, 0.05) is 91.7 Å². The van der Waals surface area contributed by atoms with Crippen molar-refractivity contribution in [2.45, 2.75) is 19.3 Å². The number of nitrogens with zero attached hydrogens (tertiary/aromatic N) is 1. The van der Waals surface area contributed by atoms with Crippen molar-refractivity contribution in [3.05, 3.63) is 211 Å². The maximum absolute atomic E-state index is 7.11. The SMILES string of the molecule is CC1(C)c2ccccc2-c2ccc(N(c3ccc(-c4cccc5c4oc4ccccc45)cc3)c3ccc4oc5c(-c6cccc7c6sc6ccccc67)c6c(cc5c4c3)oc3ccccc36)cc21. The number of anilines is 3. The Hall–Kier alpha value is -8.38. The summed E-state index contributed by atoms with van der Waals surface area (Å²) >= 11 is 1.84. The Morgan fingerprint density at radius 1 is 0.382 bits per heavy atom. The zero-order chi connectivity index (χ0) is 44.8. The van der Waals surface area contributed by atoms with Crippen molar-refractivity contribution >= 4 is 114 Å². The van der Waals surface area contributed by atoms with Crippen molar-refractivity contribution < 1.29 is 13.3 Å². The van der Waals surface area contributed by atoms with Crippen molar-refractivity contribution in [1.29, 1.82) is 0 Å². The van der Waals surface area contributed by atoms with E-state index in [0.717, 1.165) is 105 Å². The van der Waals surface area contributed by atoms with Crippen LogP contribution in [-0.2, 0) is 5.41 Å². The van der Waals surface area contributed by atoms with Crippen LogP contribution in [0.25, 0.3) is 119 Å². The molecule has 0 aliphatic heterocycles. The first-order chi connectivity index (χ1) is 33.5. The third kappa shape index (κ3) is 5.25. The summed E-state index contributed by atoms with van der Waals surface area (Å²) in [5, 5.41) is 8.94. The molecule has 1 aliphatic carbocycles. The molecular formula is C63H39NO3S. The molecule has 0 fully saturated rings. The zero-order valence-electron chi connectivity index (χ0n) is 37.1. The standard InChI is InChI=1S/C63H39NO3S/c1-63(2)51-21-7-3-13-41(51)42-31-29-39(34-52(42)63)64(37-27-25-36(26-28-37)40-17-11-18-45-43-14-4-8-22-53(43)66-60(40)45)38-30-32-55-49(33-38)50-35-56-58(47-16-5-9-23-54(47)65-56)59(61(50)67-55)48-20-12-19-46-44-15-6-10-24-57(44)68-62(46)48/h3-35H,1-2H3. The van der Waals surface area contributed by atoms with E-state index in [0.29, 0.717) is 0 Å². The van der Waals surface area contributed by atoms with Crippen LogP contribution in [0.1, 0.15) is 25.0 Å². The van der Waals surface area contributed by atoms with Crippen molar-refractivity contribution in [2.24, 2.45) is 0 Å². The van der Waals surface area contributed by atoms with Gasteiger partial charge in [0.1, 0.15) is 33.5 Å². The Morgan fingerprint density at radius 3 is 1.87 bits per heavy atom. The lowest BCUT2D eigenvalue weighted by Gasteiger charge is -2.28. The number of rotatable bonds is 5. The minimum absolute atomic E-state index is 0.168.